The van der Waals surface area contributed by atoms with Crippen LogP contribution >= 0.6 is 46.0 Å². The maximum absolute atomic E-state index is 13.5. The largest absolute Gasteiger partial charge is 0.350 e. The number of benzene rings is 3. The van der Waals surface area contributed by atoms with Gasteiger partial charge in [-0.15, -0.1) is 0 Å². The molecule has 0 aromatic heterocycles. The van der Waals surface area contributed by atoms with Gasteiger partial charge >= 0.3 is 0 Å². The van der Waals surface area contributed by atoms with E-state index in [1.807, 2.05) is 60.7 Å². The number of hydrogen-bond acceptors (Lipinski definition) is 4. The highest BCUT2D eigenvalue weighted by atomic mass is 127. The van der Waals surface area contributed by atoms with Crippen LogP contribution in [0.5, 0.6) is 0 Å². The molecular formula is C26H22ClIN2O2S. The van der Waals surface area contributed by atoms with E-state index in [0.29, 0.717) is 15.6 Å². The molecule has 2 amide bonds. The molecule has 0 saturated heterocycles. The number of imide groups is 1. The number of carbonyl (C=O) groups is 2. The van der Waals surface area contributed by atoms with Gasteiger partial charge in [-0.2, -0.15) is 0 Å². The number of halogens is 2. The highest BCUT2D eigenvalue weighted by molar-refractivity contribution is 14.1. The quantitative estimate of drug-likeness (QED) is 0.222. The molecule has 0 saturated carbocycles. The number of unbranched alkanes of at least 4 members (excludes halogenated alkanes) is 1. The molecule has 33 heavy (non-hydrogen) atoms. The van der Waals surface area contributed by atoms with Crippen molar-refractivity contribution in [3.05, 3.63) is 97.6 Å². The summed E-state index contributed by atoms with van der Waals surface area (Å²) in [6.07, 6.45) is 3.20. The summed E-state index contributed by atoms with van der Waals surface area (Å²) in [5, 5.41) is 3.80. The van der Waals surface area contributed by atoms with E-state index in [0.717, 1.165) is 33.4 Å². The average Bonchev–Trinajstić information content (AvgIpc) is 3.05. The summed E-state index contributed by atoms with van der Waals surface area (Å²) >= 11 is 9.50. The van der Waals surface area contributed by atoms with Crippen molar-refractivity contribution < 1.29 is 9.59 Å². The molecule has 0 atom stereocenters. The average molecular weight is 589 g/mol. The molecular weight excluding hydrogens is 567 g/mol. The van der Waals surface area contributed by atoms with E-state index in [2.05, 4.69) is 34.8 Å². The second-order valence-electron chi connectivity index (χ2n) is 7.61. The van der Waals surface area contributed by atoms with Crippen LogP contribution in [0.25, 0.3) is 0 Å². The molecule has 3 aromatic rings. The van der Waals surface area contributed by atoms with Crippen molar-refractivity contribution in [3.63, 3.8) is 0 Å². The number of nitrogens with zero attached hydrogens (tertiary/aromatic N) is 1. The smallest absolute Gasteiger partial charge is 0.283 e. The number of aryl methyl sites for hydroxylation is 1. The number of rotatable bonds is 8. The molecule has 0 radical (unpaired) electrons. The first-order chi connectivity index (χ1) is 16.0. The van der Waals surface area contributed by atoms with Crippen LogP contribution < -0.4 is 10.2 Å². The zero-order valence-corrected chi connectivity index (χ0v) is 21.7. The molecule has 1 heterocycles. The van der Waals surface area contributed by atoms with Gasteiger partial charge < -0.3 is 5.32 Å². The number of nitrogens with one attached hydrogen (secondary N) is 1. The second-order valence-corrected chi connectivity index (χ2v) is 10.4. The third-order valence-electron chi connectivity index (χ3n) is 5.20. The van der Waals surface area contributed by atoms with Gasteiger partial charge in [-0.3, -0.25) is 9.59 Å². The van der Waals surface area contributed by atoms with Gasteiger partial charge in [0.15, 0.2) is 0 Å². The van der Waals surface area contributed by atoms with Gasteiger partial charge in [-0.1, -0.05) is 48.8 Å². The monoisotopic (exact) mass is 588 g/mol. The van der Waals surface area contributed by atoms with Gasteiger partial charge in [-0.25, -0.2) is 4.90 Å². The third kappa shape index (κ3) is 5.62. The van der Waals surface area contributed by atoms with E-state index in [1.54, 1.807) is 12.1 Å². The van der Waals surface area contributed by atoms with Crippen LogP contribution in [-0.4, -0.2) is 11.8 Å². The van der Waals surface area contributed by atoms with E-state index in [1.165, 1.54) is 22.2 Å². The summed E-state index contributed by atoms with van der Waals surface area (Å²) in [4.78, 5) is 29.3. The number of hydrogen-bond donors (Lipinski definition) is 1. The number of carbonyl (C=O) groups excluding carboxylic acids is 2. The lowest BCUT2D eigenvalue weighted by Crippen LogP contribution is -2.32. The summed E-state index contributed by atoms with van der Waals surface area (Å²) in [6, 6.07) is 22.6. The molecule has 0 bridgehead atoms. The Labute approximate surface area is 216 Å². The molecule has 0 aliphatic carbocycles. The number of thioether (sulfide) groups is 1. The Morgan fingerprint density at radius 3 is 2.21 bits per heavy atom. The highest BCUT2D eigenvalue weighted by Crippen LogP contribution is 2.38. The van der Waals surface area contributed by atoms with E-state index in [9.17, 15) is 9.59 Å². The Hall–Kier alpha value is -2.29. The van der Waals surface area contributed by atoms with E-state index >= 15 is 0 Å². The van der Waals surface area contributed by atoms with Crippen molar-refractivity contribution >= 4 is 69.1 Å². The first-order valence-corrected chi connectivity index (χ1v) is 12.9. The van der Waals surface area contributed by atoms with Crippen molar-refractivity contribution in [3.8, 4) is 0 Å². The summed E-state index contributed by atoms with van der Waals surface area (Å²) in [7, 11) is 0. The Balaban J connectivity index is 1.66. The maximum atomic E-state index is 13.5. The first-order valence-electron chi connectivity index (χ1n) is 10.6. The second kappa shape index (κ2) is 10.8. The zero-order valence-electron chi connectivity index (χ0n) is 18.0. The van der Waals surface area contributed by atoms with Crippen LogP contribution in [0.4, 0.5) is 11.4 Å². The molecule has 3 aromatic carbocycles. The Morgan fingerprint density at radius 1 is 0.909 bits per heavy atom. The summed E-state index contributed by atoms with van der Waals surface area (Å²) in [6.45, 7) is 2.16. The van der Waals surface area contributed by atoms with Crippen molar-refractivity contribution in [1.29, 1.82) is 0 Å². The van der Waals surface area contributed by atoms with Gasteiger partial charge in [0.25, 0.3) is 11.8 Å². The normalized spacial score (nSPS) is 13.7. The fourth-order valence-electron chi connectivity index (χ4n) is 3.44. The van der Waals surface area contributed by atoms with Crippen LogP contribution in [-0.2, 0) is 16.0 Å². The van der Waals surface area contributed by atoms with Crippen molar-refractivity contribution in [2.45, 2.75) is 31.1 Å². The lowest BCUT2D eigenvalue weighted by atomic mass is 10.1. The summed E-state index contributed by atoms with van der Waals surface area (Å²) < 4.78 is 1.08. The van der Waals surface area contributed by atoms with Gasteiger partial charge in [-0.05, 0) is 102 Å². The third-order valence-corrected chi connectivity index (χ3v) is 7.26. The molecule has 1 N–H and O–H groups in total. The van der Waals surface area contributed by atoms with Gasteiger partial charge in [0.1, 0.15) is 10.6 Å². The lowest BCUT2D eigenvalue weighted by molar-refractivity contribution is -0.120. The maximum Gasteiger partial charge on any atom is 0.283 e. The van der Waals surface area contributed by atoms with E-state index in [-0.39, 0.29) is 17.5 Å². The van der Waals surface area contributed by atoms with Crippen LogP contribution in [0.1, 0.15) is 25.3 Å². The van der Waals surface area contributed by atoms with Crippen LogP contribution in [0.3, 0.4) is 0 Å². The molecule has 0 spiro atoms. The van der Waals surface area contributed by atoms with Gasteiger partial charge in [0.2, 0.25) is 0 Å². The number of amides is 2. The fourth-order valence-corrected chi connectivity index (χ4v) is 4.85. The SMILES string of the molecule is CCCCc1ccc(N2C(=O)C(Nc3ccc(I)cc3)=C(Sc3ccc(Cl)cc3)C2=O)cc1. The molecule has 4 rings (SSSR count). The van der Waals surface area contributed by atoms with Crippen LogP contribution in [0.2, 0.25) is 5.02 Å². The van der Waals surface area contributed by atoms with Crippen molar-refractivity contribution in [2.24, 2.45) is 0 Å². The molecule has 7 heteroatoms. The molecule has 1 aliphatic heterocycles. The molecule has 1 aliphatic rings. The summed E-state index contributed by atoms with van der Waals surface area (Å²) in [5.74, 6) is -0.703. The summed E-state index contributed by atoms with van der Waals surface area (Å²) in [5.41, 5.74) is 2.79. The predicted octanol–water partition coefficient (Wildman–Crippen LogP) is 7.28. The minimum absolute atomic E-state index is 0.274. The molecule has 168 valence electrons. The molecule has 0 fully saturated rings. The minimum Gasteiger partial charge on any atom is -0.350 e. The zero-order chi connectivity index (χ0) is 23.4. The molecule has 4 nitrogen and oxygen atoms in total. The first kappa shape index (κ1) is 23.9. The minimum atomic E-state index is -0.365. The Kier molecular flexibility index (Phi) is 7.78. The molecule has 0 unspecified atom stereocenters. The predicted molar refractivity (Wildman–Crippen MR) is 145 cm³/mol. The Bertz CT molecular complexity index is 1120. The lowest BCUT2D eigenvalue weighted by Gasteiger charge is -2.16. The highest BCUT2D eigenvalue weighted by Gasteiger charge is 2.40. The van der Waals surface area contributed by atoms with Gasteiger partial charge in [0.05, 0.1) is 5.69 Å². The van der Waals surface area contributed by atoms with Gasteiger partial charge in [0, 0.05) is 19.2 Å². The fraction of sp³-hybridized carbons (Fsp3) is 0.154. The van der Waals surface area contributed by atoms with Crippen molar-refractivity contribution in [1.82, 2.24) is 0 Å². The standard InChI is InChI=1S/C26H22ClIN2O2S/c1-2-3-4-17-5-13-21(14-6-17)30-25(31)23(29-20-11-9-19(28)10-12-20)24(26(30)32)33-22-15-7-18(27)8-16-22/h5-16,29H,2-4H2,1H3. The van der Waals surface area contributed by atoms with E-state index in [4.69, 9.17) is 11.6 Å². The van der Waals surface area contributed by atoms with Crippen LogP contribution in [0, 0.1) is 3.57 Å². The van der Waals surface area contributed by atoms with Crippen molar-refractivity contribution in [2.75, 3.05) is 10.2 Å². The number of anilines is 2. The van der Waals surface area contributed by atoms with Crippen LogP contribution in [0.15, 0.2) is 88.3 Å². The Morgan fingerprint density at radius 2 is 1.58 bits per heavy atom. The van der Waals surface area contributed by atoms with E-state index < -0.39 is 0 Å². The topological polar surface area (TPSA) is 49.4 Å².